The van der Waals surface area contributed by atoms with Gasteiger partial charge in [-0.1, -0.05) is 18.5 Å². The van der Waals surface area contributed by atoms with Gasteiger partial charge in [-0.15, -0.1) is 0 Å². The zero-order valence-electron chi connectivity index (χ0n) is 11.0. The molecule has 106 valence electrons. The van der Waals surface area contributed by atoms with E-state index in [-0.39, 0.29) is 16.5 Å². The van der Waals surface area contributed by atoms with Crippen molar-refractivity contribution >= 4 is 17.3 Å². The van der Waals surface area contributed by atoms with Crippen molar-refractivity contribution in [2.45, 2.75) is 13.3 Å². The monoisotopic (exact) mass is 295 g/mol. The van der Waals surface area contributed by atoms with Crippen molar-refractivity contribution < 1.29 is 13.9 Å². The molecule has 2 aromatic carbocycles. The van der Waals surface area contributed by atoms with Gasteiger partial charge in [-0.25, -0.2) is 4.39 Å². The van der Waals surface area contributed by atoms with Gasteiger partial charge in [0.25, 0.3) is 0 Å². The Morgan fingerprint density at radius 1 is 1.15 bits per heavy atom. The van der Waals surface area contributed by atoms with E-state index in [2.05, 4.69) is 0 Å². The predicted molar refractivity (Wildman–Crippen MR) is 78.1 cm³/mol. The lowest BCUT2D eigenvalue weighted by atomic mass is 10.3. The number of rotatable bonds is 5. The molecule has 0 aliphatic rings. The number of benzene rings is 2. The largest absolute Gasteiger partial charge is 0.494 e. The molecule has 0 heterocycles. The summed E-state index contributed by atoms with van der Waals surface area (Å²) in [6.45, 7) is 2.70. The summed E-state index contributed by atoms with van der Waals surface area (Å²) >= 11 is 5.63. The summed E-state index contributed by atoms with van der Waals surface area (Å²) in [5, 5.41) is -0.0295. The van der Waals surface area contributed by atoms with Crippen LogP contribution >= 0.6 is 11.6 Å². The maximum Gasteiger partial charge on any atom is 0.153 e. The minimum absolute atomic E-state index is 0.0295. The predicted octanol–water partition coefficient (Wildman–Crippen LogP) is 4.64. The zero-order valence-corrected chi connectivity index (χ0v) is 11.8. The van der Waals surface area contributed by atoms with E-state index in [1.54, 1.807) is 24.3 Å². The highest BCUT2D eigenvalue weighted by Gasteiger charge is 2.08. The normalized spacial score (nSPS) is 10.3. The fourth-order valence-electron chi connectivity index (χ4n) is 1.58. The van der Waals surface area contributed by atoms with Crippen molar-refractivity contribution in [2.24, 2.45) is 0 Å². The molecule has 0 saturated carbocycles. The molecule has 0 aliphatic heterocycles. The van der Waals surface area contributed by atoms with Crippen molar-refractivity contribution in [2.75, 3.05) is 12.3 Å². The van der Waals surface area contributed by atoms with Crippen molar-refractivity contribution in [3.05, 3.63) is 47.2 Å². The molecular weight excluding hydrogens is 281 g/mol. The van der Waals surface area contributed by atoms with Crippen LogP contribution in [-0.2, 0) is 0 Å². The van der Waals surface area contributed by atoms with E-state index >= 15 is 0 Å². The maximum atomic E-state index is 13.4. The summed E-state index contributed by atoms with van der Waals surface area (Å²) in [6.07, 6.45) is 0.943. The Bertz CT molecular complexity index is 587. The molecule has 0 aromatic heterocycles. The second-order valence-corrected chi connectivity index (χ2v) is 4.63. The number of ether oxygens (including phenoxy) is 2. The average molecular weight is 296 g/mol. The van der Waals surface area contributed by atoms with Crippen LogP contribution in [0.15, 0.2) is 36.4 Å². The first-order valence-electron chi connectivity index (χ1n) is 6.25. The zero-order chi connectivity index (χ0) is 14.5. The summed E-state index contributed by atoms with van der Waals surface area (Å²) in [7, 11) is 0. The van der Waals surface area contributed by atoms with Crippen LogP contribution in [0.5, 0.6) is 17.2 Å². The molecule has 0 atom stereocenters. The number of hydrogen-bond acceptors (Lipinski definition) is 3. The molecular formula is C15H15ClFNO2. The fourth-order valence-corrected chi connectivity index (χ4v) is 1.76. The van der Waals surface area contributed by atoms with E-state index in [4.69, 9.17) is 26.8 Å². The highest BCUT2D eigenvalue weighted by atomic mass is 35.5. The summed E-state index contributed by atoms with van der Waals surface area (Å²) in [4.78, 5) is 0. The average Bonchev–Trinajstić information content (AvgIpc) is 2.44. The third kappa shape index (κ3) is 3.54. The molecule has 0 aliphatic carbocycles. The Kier molecular flexibility index (Phi) is 4.69. The second-order valence-electron chi connectivity index (χ2n) is 4.23. The molecule has 5 heteroatoms. The van der Waals surface area contributed by atoms with Crippen LogP contribution in [0.25, 0.3) is 0 Å². The highest BCUT2D eigenvalue weighted by Crippen LogP contribution is 2.32. The molecule has 2 aromatic rings. The summed E-state index contributed by atoms with van der Waals surface area (Å²) < 4.78 is 24.4. The van der Waals surface area contributed by atoms with E-state index < -0.39 is 5.82 Å². The molecule has 0 radical (unpaired) electrons. The van der Waals surface area contributed by atoms with E-state index in [0.29, 0.717) is 12.4 Å². The molecule has 0 amide bonds. The summed E-state index contributed by atoms with van der Waals surface area (Å²) in [5.74, 6) is 0.963. The number of nitrogens with two attached hydrogens (primary N) is 1. The first-order chi connectivity index (χ1) is 9.60. The van der Waals surface area contributed by atoms with Crippen LogP contribution in [0, 0.1) is 5.82 Å². The molecule has 3 nitrogen and oxygen atoms in total. The standard InChI is InChI=1S/C15H15ClFNO2/c1-2-7-19-10-3-5-11(6-4-10)20-15-9-13(17)12(16)8-14(15)18/h3-6,8-9H,2,7,18H2,1H3. The third-order valence-electron chi connectivity index (χ3n) is 2.58. The van der Waals surface area contributed by atoms with Gasteiger partial charge in [-0.3, -0.25) is 0 Å². The van der Waals surface area contributed by atoms with E-state index in [0.717, 1.165) is 12.2 Å². The van der Waals surface area contributed by atoms with Gasteiger partial charge in [-0.05, 0) is 36.8 Å². The van der Waals surface area contributed by atoms with Crippen molar-refractivity contribution in [3.63, 3.8) is 0 Å². The lowest BCUT2D eigenvalue weighted by Gasteiger charge is -2.10. The highest BCUT2D eigenvalue weighted by molar-refractivity contribution is 6.31. The first-order valence-corrected chi connectivity index (χ1v) is 6.63. The molecule has 20 heavy (non-hydrogen) atoms. The van der Waals surface area contributed by atoms with Crippen LogP contribution < -0.4 is 15.2 Å². The topological polar surface area (TPSA) is 44.5 Å². The first kappa shape index (κ1) is 14.5. The minimum Gasteiger partial charge on any atom is -0.494 e. The van der Waals surface area contributed by atoms with Gasteiger partial charge in [0.05, 0.1) is 17.3 Å². The van der Waals surface area contributed by atoms with Crippen LogP contribution in [0.3, 0.4) is 0 Å². The Balaban J connectivity index is 2.12. The fraction of sp³-hybridized carbons (Fsp3) is 0.200. The van der Waals surface area contributed by atoms with Crippen LogP contribution in [-0.4, -0.2) is 6.61 Å². The maximum absolute atomic E-state index is 13.4. The molecule has 2 N–H and O–H groups in total. The number of anilines is 1. The Morgan fingerprint density at radius 2 is 1.80 bits per heavy atom. The van der Waals surface area contributed by atoms with Crippen molar-refractivity contribution in [1.29, 1.82) is 0 Å². The smallest absolute Gasteiger partial charge is 0.153 e. The number of hydrogen-bond donors (Lipinski definition) is 1. The Labute approximate surface area is 122 Å². The van der Waals surface area contributed by atoms with E-state index in [1.165, 1.54) is 12.1 Å². The summed E-state index contributed by atoms with van der Waals surface area (Å²) in [6, 6.07) is 9.53. The molecule has 2 rings (SSSR count). The third-order valence-corrected chi connectivity index (χ3v) is 2.87. The molecule has 0 saturated heterocycles. The lowest BCUT2D eigenvalue weighted by Crippen LogP contribution is -1.96. The summed E-state index contributed by atoms with van der Waals surface area (Å²) in [5.41, 5.74) is 6.01. The van der Waals surface area contributed by atoms with Crippen LogP contribution in [0.1, 0.15) is 13.3 Å². The van der Waals surface area contributed by atoms with Gasteiger partial charge in [0.2, 0.25) is 0 Å². The van der Waals surface area contributed by atoms with Crippen LogP contribution in [0.4, 0.5) is 10.1 Å². The van der Waals surface area contributed by atoms with Gasteiger partial charge in [-0.2, -0.15) is 0 Å². The molecule has 0 unspecified atom stereocenters. The minimum atomic E-state index is -0.571. The molecule has 0 spiro atoms. The molecule has 0 bridgehead atoms. The molecule has 0 fully saturated rings. The second kappa shape index (κ2) is 6.48. The van der Waals surface area contributed by atoms with Gasteiger partial charge < -0.3 is 15.2 Å². The van der Waals surface area contributed by atoms with Crippen molar-refractivity contribution in [1.82, 2.24) is 0 Å². The quantitative estimate of drug-likeness (QED) is 0.817. The van der Waals surface area contributed by atoms with Crippen LogP contribution in [0.2, 0.25) is 5.02 Å². The van der Waals surface area contributed by atoms with Gasteiger partial charge in [0.15, 0.2) is 5.75 Å². The Hall–Kier alpha value is -1.94. The van der Waals surface area contributed by atoms with Gasteiger partial charge in [0, 0.05) is 6.07 Å². The van der Waals surface area contributed by atoms with Gasteiger partial charge >= 0.3 is 0 Å². The van der Waals surface area contributed by atoms with Gasteiger partial charge in [0.1, 0.15) is 17.3 Å². The SMILES string of the molecule is CCCOc1ccc(Oc2cc(F)c(Cl)cc2N)cc1. The van der Waals surface area contributed by atoms with Crippen molar-refractivity contribution in [3.8, 4) is 17.2 Å². The number of halogens is 2. The Morgan fingerprint density at radius 3 is 2.45 bits per heavy atom. The van der Waals surface area contributed by atoms with E-state index in [9.17, 15) is 4.39 Å². The van der Waals surface area contributed by atoms with E-state index in [1.807, 2.05) is 6.92 Å². The number of nitrogen functional groups attached to an aromatic ring is 1. The lowest BCUT2D eigenvalue weighted by molar-refractivity contribution is 0.317.